The van der Waals surface area contributed by atoms with E-state index in [1.165, 1.54) is 5.56 Å². The molecule has 2 N–H and O–H groups in total. The predicted molar refractivity (Wildman–Crippen MR) is 73.5 cm³/mol. The minimum Gasteiger partial charge on any atom is -0.311 e. The van der Waals surface area contributed by atoms with Crippen molar-refractivity contribution in [3.63, 3.8) is 0 Å². The van der Waals surface area contributed by atoms with Crippen molar-refractivity contribution >= 4 is 0 Å². The second-order valence-corrected chi connectivity index (χ2v) is 5.47. The number of aromatic nitrogens is 2. The number of rotatable bonds is 1. The highest BCUT2D eigenvalue weighted by atomic mass is 16.2. The molecule has 0 bridgehead atoms. The first kappa shape index (κ1) is 12.0. The molecule has 1 aromatic heterocycles. The maximum absolute atomic E-state index is 11.9. The van der Waals surface area contributed by atoms with Gasteiger partial charge in [0.2, 0.25) is 0 Å². The fourth-order valence-corrected chi connectivity index (χ4v) is 2.93. The Morgan fingerprint density at radius 3 is 2.58 bits per heavy atom. The Hall–Kier alpha value is -2.10. The molecule has 19 heavy (non-hydrogen) atoms. The molecule has 1 aliphatic carbocycles. The summed E-state index contributed by atoms with van der Waals surface area (Å²) in [6, 6.07) is 10.2. The largest absolute Gasteiger partial charge is 0.325 e. The molecule has 2 aromatic rings. The van der Waals surface area contributed by atoms with Crippen LogP contribution in [0.4, 0.5) is 0 Å². The lowest BCUT2D eigenvalue weighted by Gasteiger charge is -2.34. The Bertz CT molecular complexity index is 715. The molecule has 4 nitrogen and oxygen atoms in total. The van der Waals surface area contributed by atoms with E-state index in [4.69, 9.17) is 0 Å². The number of nitrogens with one attached hydrogen (secondary N) is 2. The van der Waals surface area contributed by atoms with Crippen molar-refractivity contribution in [1.29, 1.82) is 0 Å². The quantitative estimate of drug-likeness (QED) is 0.812. The van der Waals surface area contributed by atoms with Crippen LogP contribution < -0.4 is 11.2 Å². The van der Waals surface area contributed by atoms with E-state index < -0.39 is 5.69 Å². The van der Waals surface area contributed by atoms with E-state index in [1.54, 1.807) is 0 Å². The summed E-state index contributed by atoms with van der Waals surface area (Å²) >= 11 is 0. The number of aryl methyl sites for hydroxylation is 1. The van der Waals surface area contributed by atoms with E-state index in [0.29, 0.717) is 6.42 Å². The van der Waals surface area contributed by atoms with E-state index in [1.807, 2.05) is 18.2 Å². The van der Waals surface area contributed by atoms with Gasteiger partial charge in [-0.05, 0) is 30.2 Å². The van der Waals surface area contributed by atoms with Gasteiger partial charge >= 0.3 is 5.69 Å². The summed E-state index contributed by atoms with van der Waals surface area (Å²) in [5.74, 6) is 0. The van der Waals surface area contributed by atoms with Gasteiger partial charge in [0, 0.05) is 11.3 Å². The standard InChI is InChI=1S/C15H16N2O2/c1-15(10-5-3-2-4-6-10)8-7-12-11(9-15)13(18)17-14(19)16-12/h2-6H,7-9H2,1H3,(H2,16,17,18,19). The average Bonchev–Trinajstić information content (AvgIpc) is 2.41. The lowest BCUT2D eigenvalue weighted by Crippen LogP contribution is -2.38. The number of benzene rings is 1. The van der Waals surface area contributed by atoms with Gasteiger partial charge in [-0.3, -0.25) is 9.78 Å². The average molecular weight is 256 g/mol. The molecule has 0 saturated carbocycles. The summed E-state index contributed by atoms with van der Waals surface area (Å²) in [6.45, 7) is 2.18. The van der Waals surface area contributed by atoms with Gasteiger partial charge in [-0.2, -0.15) is 0 Å². The van der Waals surface area contributed by atoms with Crippen molar-refractivity contribution < 1.29 is 0 Å². The number of aromatic amines is 2. The van der Waals surface area contributed by atoms with E-state index in [2.05, 4.69) is 29.0 Å². The third kappa shape index (κ3) is 2.03. The summed E-state index contributed by atoms with van der Waals surface area (Å²) in [7, 11) is 0. The van der Waals surface area contributed by atoms with Gasteiger partial charge in [-0.1, -0.05) is 37.3 Å². The normalized spacial score (nSPS) is 21.9. The van der Waals surface area contributed by atoms with Gasteiger partial charge in [-0.25, -0.2) is 4.79 Å². The summed E-state index contributed by atoms with van der Waals surface area (Å²) < 4.78 is 0. The highest BCUT2D eigenvalue weighted by molar-refractivity contribution is 5.32. The van der Waals surface area contributed by atoms with Crippen molar-refractivity contribution in [2.45, 2.75) is 31.6 Å². The van der Waals surface area contributed by atoms with E-state index in [9.17, 15) is 9.59 Å². The number of hydrogen-bond donors (Lipinski definition) is 2. The maximum Gasteiger partial charge on any atom is 0.325 e. The Balaban J connectivity index is 2.07. The number of H-pyrrole nitrogens is 2. The summed E-state index contributed by atoms with van der Waals surface area (Å²) in [6.07, 6.45) is 2.34. The minimum absolute atomic E-state index is 0.0422. The third-order valence-electron chi connectivity index (χ3n) is 4.09. The molecule has 0 saturated heterocycles. The fraction of sp³-hybridized carbons (Fsp3) is 0.333. The molecule has 4 heteroatoms. The first-order chi connectivity index (χ1) is 9.08. The maximum atomic E-state index is 11.9. The molecule has 3 rings (SSSR count). The Kier molecular flexibility index (Phi) is 2.66. The molecule has 1 heterocycles. The lowest BCUT2D eigenvalue weighted by molar-refractivity contribution is 0.400. The van der Waals surface area contributed by atoms with Crippen molar-refractivity contribution in [1.82, 2.24) is 9.97 Å². The molecule has 0 spiro atoms. The van der Waals surface area contributed by atoms with Crippen LogP contribution in [0, 0.1) is 0 Å². The van der Waals surface area contributed by atoms with Crippen molar-refractivity contribution in [3.05, 3.63) is 68.0 Å². The van der Waals surface area contributed by atoms with Crippen molar-refractivity contribution in [3.8, 4) is 0 Å². The Morgan fingerprint density at radius 1 is 1.11 bits per heavy atom. The first-order valence-electron chi connectivity index (χ1n) is 6.48. The van der Waals surface area contributed by atoms with Gasteiger partial charge < -0.3 is 4.98 Å². The molecule has 0 aliphatic heterocycles. The highest BCUT2D eigenvalue weighted by Gasteiger charge is 2.33. The van der Waals surface area contributed by atoms with Crippen LogP contribution in [-0.4, -0.2) is 9.97 Å². The number of hydrogen-bond acceptors (Lipinski definition) is 2. The molecule has 98 valence electrons. The Morgan fingerprint density at radius 2 is 1.84 bits per heavy atom. The molecule has 1 aliphatic rings. The molecular weight excluding hydrogens is 240 g/mol. The van der Waals surface area contributed by atoms with Crippen LogP contribution in [0.15, 0.2) is 39.9 Å². The predicted octanol–water partition coefficient (Wildman–Crippen LogP) is 1.51. The number of fused-ring (bicyclic) bond motifs is 1. The smallest absolute Gasteiger partial charge is 0.311 e. The second-order valence-electron chi connectivity index (χ2n) is 5.47. The fourth-order valence-electron chi connectivity index (χ4n) is 2.93. The van der Waals surface area contributed by atoms with Gasteiger partial charge in [0.25, 0.3) is 5.56 Å². The molecule has 0 amide bonds. The van der Waals surface area contributed by atoms with Crippen LogP contribution >= 0.6 is 0 Å². The van der Waals surface area contributed by atoms with Crippen LogP contribution in [-0.2, 0) is 18.3 Å². The molecule has 1 atom stereocenters. The van der Waals surface area contributed by atoms with E-state index in [-0.39, 0.29) is 11.0 Å². The van der Waals surface area contributed by atoms with Crippen LogP contribution in [0.25, 0.3) is 0 Å². The van der Waals surface area contributed by atoms with Gasteiger partial charge in [0.15, 0.2) is 0 Å². The zero-order valence-electron chi connectivity index (χ0n) is 10.8. The molecule has 0 fully saturated rings. The highest BCUT2D eigenvalue weighted by Crippen LogP contribution is 2.36. The van der Waals surface area contributed by atoms with Crippen LogP contribution in [0.1, 0.15) is 30.2 Å². The SMILES string of the molecule is CC1(c2ccccc2)CCc2[nH]c(=O)[nH]c(=O)c2C1. The van der Waals surface area contributed by atoms with Gasteiger partial charge in [-0.15, -0.1) is 0 Å². The molecule has 1 unspecified atom stereocenters. The van der Waals surface area contributed by atoms with Crippen LogP contribution in [0.5, 0.6) is 0 Å². The summed E-state index contributed by atoms with van der Waals surface area (Å²) in [4.78, 5) is 28.3. The van der Waals surface area contributed by atoms with Crippen LogP contribution in [0.3, 0.4) is 0 Å². The zero-order chi connectivity index (χ0) is 13.5. The minimum atomic E-state index is -0.410. The first-order valence-corrected chi connectivity index (χ1v) is 6.48. The van der Waals surface area contributed by atoms with Gasteiger partial charge in [0.05, 0.1) is 0 Å². The van der Waals surface area contributed by atoms with E-state index in [0.717, 1.165) is 24.1 Å². The van der Waals surface area contributed by atoms with Crippen molar-refractivity contribution in [2.75, 3.05) is 0 Å². The molecule has 1 aromatic carbocycles. The summed E-state index contributed by atoms with van der Waals surface area (Å²) in [5, 5.41) is 0. The van der Waals surface area contributed by atoms with Crippen LogP contribution in [0.2, 0.25) is 0 Å². The Labute approximate surface area is 110 Å². The van der Waals surface area contributed by atoms with E-state index >= 15 is 0 Å². The third-order valence-corrected chi connectivity index (χ3v) is 4.09. The second kappa shape index (κ2) is 4.23. The van der Waals surface area contributed by atoms with Gasteiger partial charge in [0.1, 0.15) is 0 Å². The molecular formula is C15H16N2O2. The molecule has 0 radical (unpaired) electrons. The van der Waals surface area contributed by atoms with Crippen molar-refractivity contribution in [2.24, 2.45) is 0 Å². The zero-order valence-corrected chi connectivity index (χ0v) is 10.8. The lowest BCUT2D eigenvalue weighted by atomic mass is 9.70. The topological polar surface area (TPSA) is 65.7 Å². The monoisotopic (exact) mass is 256 g/mol. The summed E-state index contributed by atoms with van der Waals surface area (Å²) in [5.41, 5.74) is 2.05.